The lowest BCUT2D eigenvalue weighted by molar-refractivity contribution is -0.385. The van der Waals surface area contributed by atoms with E-state index in [4.69, 9.17) is 9.47 Å². The van der Waals surface area contributed by atoms with Crippen LogP contribution in [0.2, 0.25) is 0 Å². The molecule has 2 aromatic carbocycles. The van der Waals surface area contributed by atoms with E-state index in [1.54, 1.807) is 6.92 Å². The lowest BCUT2D eigenvalue weighted by atomic mass is 10.1. The fourth-order valence-electron chi connectivity index (χ4n) is 2.53. The van der Waals surface area contributed by atoms with Gasteiger partial charge < -0.3 is 14.4 Å². The number of carbonyl (C=O) groups is 2. The van der Waals surface area contributed by atoms with E-state index in [9.17, 15) is 19.7 Å². The fourth-order valence-corrected chi connectivity index (χ4v) is 2.53. The van der Waals surface area contributed by atoms with Crippen LogP contribution in [0.15, 0.2) is 48.5 Å². The summed E-state index contributed by atoms with van der Waals surface area (Å²) < 4.78 is 10.1. The second-order valence-corrected chi connectivity index (χ2v) is 6.13. The Hall–Kier alpha value is -3.26. The first kappa shape index (κ1) is 21.0. The Morgan fingerprint density at radius 2 is 1.86 bits per heavy atom. The molecule has 0 aliphatic heterocycles. The molecule has 0 atom stereocenters. The molecule has 0 spiro atoms. The van der Waals surface area contributed by atoms with Gasteiger partial charge in [-0.2, -0.15) is 0 Å². The largest absolute Gasteiger partial charge is 0.452 e. The van der Waals surface area contributed by atoms with Gasteiger partial charge in [0, 0.05) is 31.8 Å². The number of aryl methyl sites for hydroxylation is 1. The SMILES string of the molecule is COCCN(Cc1ccccc1)C(=O)COC(=O)c1ccc(C)c([N+](=O)[O-])c1. The van der Waals surface area contributed by atoms with Gasteiger partial charge in [-0.3, -0.25) is 14.9 Å². The minimum absolute atomic E-state index is 0.0246. The third kappa shape index (κ3) is 5.88. The van der Waals surface area contributed by atoms with Crippen LogP contribution in [-0.4, -0.2) is 48.6 Å². The Morgan fingerprint density at radius 1 is 1.14 bits per heavy atom. The maximum atomic E-state index is 12.5. The molecule has 0 unspecified atom stereocenters. The molecule has 0 N–H and O–H groups in total. The van der Waals surface area contributed by atoms with Gasteiger partial charge in [0.25, 0.3) is 11.6 Å². The van der Waals surface area contributed by atoms with Gasteiger partial charge in [0.1, 0.15) is 0 Å². The van der Waals surface area contributed by atoms with E-state index in [2.05, 4.69) is 0 Å². The Kier molecular flexibility index (Phi) is 7.65. The number of rotatable bonds is 9. The van der Waals surface area contributed by atoms with Crippen molar-refractivity contribution < 1.29 is 24.0 Å². The smallest absolute Gasteiger partial charge is 0.338 e. The van der Waals surface area contributed by atoms with Crippen molar-refractivity contribution in [3.05, 3.63) is 75.3 Å². The van der Waals surface area contributed by atoms with Crippen LogP contribution in [0, 0.1) is 17.0 Å². The lowest BCUT2D eigenvalue weighted by Crippen LogP contribution is -2.36. The summed E-state index contributed by atoms with van der Waals surface area (Å²) in [6.45, 7) is 2.16. The first-order valence-electron chi connectivity index (χ1n) is 8.65. The van der Waals surface area contributed by atoms with Gasteiger partial charge in [-0.25, -0.2) is 4.79 Å². The predicted octanol–water partition coefficient (Wildman–Crippen LogP) is 2.74. The van der Waals surface area contributed by atoms with Gasteiger partial charge in [0.05, 0.1) is 17.1 Å². The minimum atomic E-state index is -0.789. The molecular weight excluding hydrogens is 364 g/mol. The standard InChI is InChI=1S/C20H22N2O6/c1-15-8-9-17(12-18(15)22(25)26)20(24)28-14-19(23)21(10-11-27-2)13-16-6-4-3-5-7-16/h3-9,12H,10-11,13-14H2,1-2H3. The van der Waals surface area contributed by atoms with Gasteiger partial charge in [0.15, 0.2) is 6.61 Å². The molecule has 1 amide bonds. The number of hydrogen-bond acceptors (Lipinski definition) is 6. The summed E-state index contributed by atoms with van der Waals surface area (Å²) in [5.74, 6) is -1.17. The topological polar surface area (TPSA) is 99.0 Å². The Morgan fingerprint density at radius 3 is 2.50 bits per heavy atom. The van der Waals surface area contributed by atoms with E-state index in [0.717, 1.165) is 11.6 Å². The minimum Gasteiger partial charge on any atom is -0.452 e. The van der Waals surface area contributed by atoms with E-state index in [1.165, 1.54) is 24.1 Å². The highest BCUT2D eigenvalue weighted by Gasteiger charge is 2.19. The van der Waals surface area contributed by atoms with Crippen LogP contribution >= 0.6 is 0 Å². The summed E-state index contributed by atoms with van der Waals surface area (Å²) in [6.07, 6.45) is 0. The molecule has 0 saturated carbocycles. The van der Waals surface area contributed by atoms with E-state index in [1.807, 2.05) is 30.3 Å². The summed E-state index contributed by atoms with van der Waals surface area (Å²) in [5.41, 5.74) is 1.22. The first-order chi connectivity index (χ1) is 13.4. The van der Waals surface area contributed by atoms with Gasteiger partial charge >= 0.3 is 5.97 Å². The lowest BCUT2D eigenvalue weighted by Gasteiger charge is -2.22. The zero-order valence-corrected chi connectivity index (χ0v) is 15.8. The van der Waals surface area contributed by atoms with E-state index in [0.29, 0.717) is 25.3 Å². The van der Waals surface area contributed by atoms with Crippen molar-refractivity contribution in [2.45, 2.75) is 13.5 Å². The Labute approximate surface area is 162 Å². The monoisotopic (exact) mass is 386 g/mol. The number of hydrogen-bond donors (Lipinski definition) is 0. The Bertz CT molecular complexity index is 838. The molecule has 2 rings (SSSR count). The summed E-state index contributed by atoms with van der Waals surface area (Å²) >= 11 is 0. The molecular formula is C20H22N2O6. The molecule has 0 aromatic heterocycles. The number of amides is 1. The quantitative estimate of drug-likeness (QED) is 0.373. The number of ether oxygens (including phenoxy) is 2. The number of nitro benzene ring substituents is 1. The molecule has 0 heterocycles. The maximum absolute atomic E-state index is 12.5. The van der Waals surface area contributed by atoms with Crippen molar-refractivity contribution in [2.24, 2.45) is 0 Å². The molecule has 0 aliphatic carbocycles. The third-order valence-corrected chi connectivity index (χ3v) is 4.10. The fraction of sp³-hybridized carbons (Fsp3) is 0.300. The number of nitro groups is 1. The molecule has 0 fully saturated rings. The summed E-state index contributed by atoms with van der Waals surface area (Å²) in [4.78, 5) is 36.7. The van der Waals surface area contributed by atoms with E-state index >= 15 is 0 Å². The van der Waals surface area contributed by atoms with Crippen LogP contribution in [0.5, 0.6) is 0 Å². The highest BCUT2D eigenvalue weighted by atomic mass is 16.6. The van der Waals surface area contributed by atoms with Crippen molar-refractivity contribution in [1.29, 1.82) is 0 Å². The van der Waals surface area contributed by atoms with Crippen molar-refractivity contribution >= 4 is 17.6 Å². The number of methoxy groups -OCH3 is 1. The third-order valence-electron chi connectivity index (χ3n) is 4.10. The van der Waals surface area contributed by atoms with Crippen molar-refractivity contribution in [3.63, 3.8) is 0 Å². The van der Waals surface area contributed by atoms with Crippen LogP contribution in [0.4, 0.5) is 5.69 Å². The second-order valence-electron chi connectivity index (χ2n) is 6.13. The summed E-state index contributed by atoms with van der Waals surface area (Å²) in [7, 11) is 1.54. The van der Waals surface area contributed by atoms with Crippen LogP contribution in [0.25, 0.3) is 0 Å². The number of benzene rings is 2. The molecule has 2 aromatic rings. The molecule has 8 heteroatoms. The normalized spacial score (nSPS) is 10.4. The van der Waals surface area contributed by atoms with E-state index in [-0.39, 0.29) is 17.2 Å². The molecule has 0 aliphatic rings. The molecule has 0 bridgehead atoms. The van der Waals surface area contributed by atoms with E-state index < -0.39 is 17.5 Å². The Balaban J connectivity index is 2.01. The van der Waals surface area contributed by atoms with Gasteiger partial charge in [-0.15, -0.1) is 0 Å². The van der Waals surface area contributed by atoms with Crippen LogP contribution in [0.1, 0.15) is 21.5 Å². The average Bonchev–Trinajstić information content (AvgIpc) is 2.69. The molecule has 28 heavy (non-hydrogen) atoms. The zero-order valence-electron chi connectivity index (χ0n) is 15.8. The highest BCUT2D eigenvalue weighted by molar-refractivity contribution is 5.92. The van der Waals surface area contributed by atoms with Gasteiger partial charge in [-0.1, -0.05) is 36.4 Å². The van der Waals surface area contributed by atoms with Crippen LogP contribution < -0.4 is 0 Å². The molecule has 0 saturated heterocycles. The molecule has 0 radical (unpaired) electrons. The van der Waals surface area contributed by atoms with Gasteiger partial charge in [0.2, 0.25) is 0 Å². The van der Waals surface area contributed by atoms with Crippen LogP contribution in [-0.2, 0) is 20.8 Å². The molecule has 8 nitrogen and oxygen atoms in total. The average molecular weight is 386 g/mol. The maximum Gasteiger partial charge on any atom is 0.338 e. The summed E-state index contributed by atoms with van der Waals surface area (Å²) in [6, 6.07) is 13.5. The number of nitrogens with zero attached hydrogens (tertiary/aromatic N) is 2. The van der Waals surface area contributed by atoms with Crippen LogP contribution in [0.3, 0.4) is 0 Å². The second kappa shape index (κ2) is 10.2. The van der Waals surface area contributed by atoms with Crippen molar-refractivity contribution in [3.8, 4) is 0 Å². The van der Waals surface area contributed by atoms with Crippen molar-refractivity contribution in [2.75, 3.05) is 26.9 Å². The summed E-state index contributed by atoms with van der Waals surface area (Å²) in [5, 5.41) is 11.0. The number of esters is 1. The van der Waals surface area contributed by atoms with Crippen molar-refractivity contribution in [1.82, 2.24) is 4.90 Å². The number of carbonyl (C=O) groups excluding carboxylic acids is 2. The molecule has 148 valence electrons. The first-order valence-corrected chi connectivity index (χ1v) is 8.65. The zero-order chi connectivity index (χ0) is 20.5. The van der Waals surface area contributed by atoms with Gasteiger partial charge in [-0.05, 0) is 18.6 Å². The highest BCUT2D eigenvalue weighted by Crippen LogP contribution is 2.19. The predicted molar refractivity (Wildman–Crippen MR) is 102 cm³/mol.